The van der Waals surface area contributed by atoms with Crippen molar-refractivity contribution in [2.24, 2.45) is 23.7 Å². The number of hydrogen-bond acceptors (Lipinski definition) is 5. The monoisotopic (exact) mass is 458 g/mol. The molecule has 1 aromatic carbocycles. The van der Waals surface area contributed by atoms with Crippen molar-refractivity contribution >= 4 is 64.2 Å². The van der Waals surface area contributed by atoms with Crippen LogP contribution in [0.25, 0.3) is 0 Å². The van der Waals surface area contributed by atoms with E-state index in [-0.39, 0.29) is 22.6 Å². The third kappa shape index (κ3) is 3.60. The van der Waals surface area contributed by atoms with E-state index in [0.717, 1.165) is 4.90 Å². The van der Waals surface area contributed by atoms with E-state index in [0.29, 0.717) is 17.1 Å². The number of carbonyl (C=O) groups excluding carboxylic acids is 4. The van der Waals surface area contributed by atoms with E-state index in [1.165, 1.54) is 0 Å². The van der Waals surface area contributed by atoms with Gasteiger partial charge in [0.2, 0.25) is 11.8 Å². The summed E-state index contributed by atoms with van der Waals surface area (Å²) in [5, 5.41) is 2.35. The van der Waals surface area contributed by atoms with Gasteiger partial charge < -0.3 is 10.1 Å². The topological polar surface area (TPSA) is 92.8 Å². The molecule has 3 fully saturated rings. The molecule has 0 unspecified atom stereocenters. The Morgan fingerprint density at radius 2 is 1.59 bits per heavy atom. The number of imide groups is 1. The van der Waals surface area contributed by atoms with Gasteiger partial charge in [-0.1, -0.05) is 11.6 Å². The molecule has 4 rings (SSSR count). The number of benzene rings is 1. The molecular weight excluding hydrogens is 443 g/mol. The Morgan fingerprint density at radius 3 is 2.14 bits per heavy atom. The highest BCUT2D eigenvalue weighted by Gasteiger charge is 2.66. The number of likely N-dealkylation sites (tertiary alicyclic amines) is 1. The minimum Gasteiger partial charge on any atom is -0.454 e. The van der Waals surface area contributed by atoms with Gasteiger partial charge in [-0.3, -0.25) is 24.1 Å². The number of rotatable bonds is 5. The van der Waals surface area contributed by atoms with Crippen molar-refractivity contribution in [3.8, 4) is 0 Å². The Hall–Kier alpha value is -1.83. The average molecular weight is 460 g/mol. The second-order valence-corrected chi connectivity index (χ2v) is 8.93. The van der Waals surface area contributed by atoms with E-state index in [2.05, 4.69) is 5.32 Å². The van der Waals surface area contributed by atoms with Crippen molar-refractivity contribution in [1.82, 2.24) is 4.90 Å². The quantitative estimate of drug-likeness (QED) is 0.414. The summed E-state index contributed by atoms with van der Waals surface area (Å²) in [5.41, 5.74) is 0.495. The minimum atomic E-state index is -0.838. The second kappa shape index (κ2) is 7.78. The first-order valence-corrected chi connectivity index (χ1v) is 10.4. The molecule has 7 nitrogen and oxygen atoms in total. The molecule has 3 aliphatic rings. The summed E-state index contributed by atoms with van der Waals surface area (Å²) in [4.78, 5) is 50.3. The van der Waals surface area contributed by atoms with Crippen LogP contribution in [0.1, 0.15) is 6.42 Å². The first-order valence-electron chi connectivity index (χ1n) is 9.12. The summed E-state index contributed by atoms with van der Waals surface area (Å²) >= 11 is 18.4. The molecule has 0 radical (unpaired) electrons. The lowest BCUT2D eigenvalue weighted by Gasteiger charge is -2.28. The SMILES string of the molecule is O=C(COC(=O)CN1C(=O)[C@@H]2[C@H]3C[C@@H]([C@@H](Cl)[C@H]3Cl)[C@H]2C1=O)Nc1ccc(Cl)cc1. The highest BCUT2D eigenvalue weighted by atomic mass is 35.5. The van der Waals surface area contributed by atoms with Crippen LogP contribution in [-0.4, -0.2) is 52.5 Å². The van der Waals surface area contributed by atoms with Gasteiger partial charge in [0.1, 0.15) is 6.54 Å². The summed E-state index contributed by atoms with van der Waals surface area (Å²) in [6.07, 6.45) is 0.651. The molecule has 3 amide bonds. The maximum Gasteiger partial charge on any atom is 0.326 e. The molecule has 2 saturated carbocycles. The Morgan fingerprint density at radius 1 is 1.03 bits per heavy atom. The van der Waals surface area contributed by atoms with Gasteiger partial charge in [0.15, 0.2) is 6.61 Å². The number of esters is 1. The third-order valence-electron chi connectivity index (χ3n) is 5.86. The molecule has 6 atom stereocenters. The van der Waals surface area contributed by atoms with Crippen LogP contribution in [0.4, 0.5) is 5.69 Å². The van der Waals surface area contributed by atoms with Gasteiger partial charge in [-0.15, -0.1) is 23.2 Å². The molecule has 1 saturated heterocycles. The molecule has 29 heavy (non-hydrogen) atoms. The molecule has 2 bridgehead atoms. The number of fused-ring (bicyclic) bond motifs is 5. The molecule has 1 N–H and O–H groups in total. The zero-order valence-electron chi connectivity index (χ0n) is 15.0. The van der Waals surface area contributed by atoms with Gasteiger partial charge in [-0.2, -0.15) is 0 Å². The Balaban J connectivity index is 1.31. The van der Waals surface area contributed by atoms with Crippen LogP contribution >= 0.6 is 34.8 Å². The number of carbonyl (C=O) groups is 4. The maximum atomic E-state index is 12.7. The van der Waals surface area contributed by atoms with Gasteiger partial charge in [0, 0.05) is 10.7 Å². The summed E-state index contributed by atoms with van der Waals surface area (Å²) in [7, 11) is 0. The molecule has 1 aliphatic heterocycles. The fourth-order valence-electron chi connectivity index (χ4n) is 4.62. The van der Waals surface area contributed by atoms with Crippen LogP contribution in [0.2, 0.25) is 5.02 Å². The molecule has 2 aliphatic carbocycles. The standard InChI is InChI=1S/C19H17Cl3N2O5/c20-8-1-3-9(4-2-8)23-12(25)7-29-13(26)6-24-18(27)14-10-5-11(15(14)19(24)28)17(22)16(10)21/h1-4,10-11,14-17H,5-7H2,(H,23,25)/t10-,11-,14-,15-,16-,17+/m1/s1. The molecular formula is C19H17Cl3N2O5. The largest absolute Gasteiger partial charge is 0.454 e. The van der Waals surface area contributed by atoms with E-state index in [4.69, 9.17) is 39.5 Å². The van der Waals surface area contributed by atoms with E-state index >= 15 is 0 Å². The number of ether oxygens (including phenoxy) is 1. The van der Waals surface area contributed by atoms with Crippen molar-refractivity contribution in [3.05, 3.63) is 29.3 Å². The number of hydrogen-bond donors (Lipinski definition) is 1. The fourth-order valence-corrected chi connectivity index (χ4v) is 5.64. The molecule has 0 aromatic heterocycles. The van der Waals surface area contributed by atoms with Crippen LogP contribution < -0.4 is 5.32 Å². The van der Waals surface area contributed by atoms with Crippen molar-refractivity contribution < 1.29 is 23.9 Å². The number of halogens is 3. The lowest BCUT2D eigenvalue weighted by molar-refractivity contribution is -0.154. The van der Waals surface area contributed by atoms with Gasteiger partial charge >= 0.3 is 5.97 Å². The Labute approximate surface area is 181 Å². The van der Waals surface area contributed by atoms with E-state index < -0.39 is 48.7 Å². The zero-order chi connectivity index (χ0) is 20.9. The van der Waals surface area contributed by atoms with E-state index in [1.807, 2.05) is 0 Å². The predicted molar refractivity (Wildman–Crippen MR) is 106 cm³/mol. The maximum absolute atomic E-state index is 12.7. The van der Waals surface area contributed by atoms with Gasteiger partial charge in [-0.05, 0) is 42.5 Å². The van der Waals surface area contributed by atoms with Crippen LogP contribution in [0, 0.1) is 23.7 Å². The number of amides is 3. The smallest absolute Gasteiger partial charge is 0.326 e. The summed E-state index contributed by atoms with van der Waals surface area (Å²) in [6, 6.07) is 6.42. The summed E-state index contributed by atoms with van der Waals surface area (Å²) < 4.78 is 4.92. The summed E-state index contributed by atoms with van der Waals surface area (Å²) in [5.74, 6) is -3.57. The predicted octanol–water partition coefficient (Wildman–Crippen LogP) is 2.29. The molecule has 1 heterocycles. The van der Waals surface area contributed by atoms with Crippen LogP contribution in [0.3, 0.4) is 0 Å². The Kier molecular flexibility index (Phi) is 5.48. The minimum absolute atomic E-state index is 0.156. The van der Waals surface area contributed by atoms with Crippen molar-refractivity contribution in [2.75, 3.05) is 18.5 Å². The lowest BCUT2D eigenvalue weighted by atomic mass is 9.80. The van der Waals surface area contributed by atoms with Crippen LogP contribution in [-0.2, 0) is 23.9 Å². The number of alkyl halides is 2. The molecule has 154 valence electrons. The van der Waals surface area contributed by atoms with Crippen LogP contribution in [0.15, 0.2) is 24.3 Å². The third-order valence-corrected chi connectivity index (χ3v) is 7.43. The van der Waals surface area contributed by atoms with Gasteiger partial charge in [-0.25, -0.2) is 0 Å². The van der Waals surface area contributed by atoms with Crippen molar-refractivity contribution in [2.45, 2.75) is 17.2 Å². The first kappa shape index (κ1) is 20.4. The Bertz CT molecular complexity index is 845. The number of nitrogens with zero attached hydrogens (tertiary/aromatic N) is 1. The van der Waals surface area contributed by atoms with Crippen LogP contribution in [0.5, 0.6) is 0 Å². The van der Waals surface area contributed by atoms with Crippen molar-refractivity contribution in [3.63, 3.8) is 0 Å². The normalized spacial score (nSPS) is 32.4. The number of nitrogens with one attached hydrogen (secondary N) is 1. The van der Waals surface area contributed by atoms with Crippen molar-refractivity contribution in [1.29, 1.82) is 0 Å². The van der Waals surface area contributed by atoms with E-state index in [1.54, 1.807) is 24.3 Å². The zero-order valence-corrected chi connectivity index (χ0v) is 17.3. The van der Waals surface area contributed by atoms with E-state index in [9.17, 15) is 19.2 Å². The molecule has 10 heteroatoms. The number of anilines is 1. The van der Waals surface area contributed by atoms with Gasteiger partial charge in [0.25, 0.3) is 5.91 Å². The highest BCUT2D eigenvalue weighted by molar-refractivity contribution is 6.31. The lowest BCUT2D eigenvalue weighted by Crippen LogP contribution is -2.38. The second-order valence-electron chi connectivity index (χ2n) is 7.48. The molecule has 1 aromatic rings. The summed E-state index contributed by atoms with van der Waals surface area (Å²) in [6.45, 7) is -1.07. The fraction of sp³-hybridized carbons (Fsp3) is 0.474. The average Bonchev–Trinajstić information content (AvgIpc) is 3.29. The first-order chi connectivity index (χ1) is 13.8. The highest BCUT2D eigenvalue weighted by Crippen LogP contribution is 2.59. The molecule has 0 spiro atoms. The van der Waals surface area contributed by atoms with Gasteiger partial charge in [0.05, 0.1) is 22.6 Å².